The summed E-state index contributed by atoms with van der Waals surface area (Å²) in [5.41, 5.74) is 1.47. The number of hydrogen-bond donors (Lipinski definition) is 2. The lowest BCUT2D eigenvalue weighted by Gasteiger charge is -2.15. The van der Waals surface area contributed by atoms with Gasteiger partial charge in [-0.2, -0.15) is 0 Å². The number of nitrogens with zero attached hydrogens (tertiary/aromatic N) is 1. The first-order valence-corrected chi connectivity index (χ1v) is 6.75. The molecule has 1 fully saturated rings. The Bertz CT molecular complexity index is 479. The molecule has 2 rings (SSSR count). The van der Waals surface area contributed by atoms with Crippen molar-refractivity contribution in [3.63, 3.8) is 0 Å². The van der Waals surface area contributed by atoms with Crippen LogP contribution in [0.3, 0.4) is 0 Å². The highest BCUT2D eigenvalue weighted by molar-refractivity contribution is 6.18. The summed E-state index contributed by atoms with van der Waals surface area (Å²) < 4.78 is 0. The zero-order chi connectivity index (χ0) is 13.7. The number of nitrogens with one attached hydrogen (secondary N) is 2. The lowest BCUT2D eigenvalue weighted by molar-refractivity contribution is -0.116. The molecule has 1 aliphatic rings. The molecule has 0 atom stereocenters. The summed E-state index contributed by atoms with van der Waals surface area (Å²) in [5, 5.41) is 5.54. The van der Waals surface area contributed by atoms with Gasteiger partial charge in [-0.15, -0.1) is 11.6 Å². The molecule has 1 heterocycles. The average Bonchev–Trinajstić information content (AvgIpc) is 2.83. The van der Waals surface area contributed by atoms with Crippen LogP contribution in [0.2, 0.25) is 0 Å². The molecule has 1 aliphatic heterocycles. The SMILES string of the molecule is O=C(CCCCl)Nc1cccc(N2CCNC2=O)c1. The molecular formula is C13H16ClN3O2. The van der Waals surface area contributed by atoms with Gasteiger partial charge in [-0.3, -0.25) is 9.69 Å². The first kappa shape index (κ1) is 13.7. The molecule has 0 aromatic heterocycles. The Morgan fingerprint density at radius 2 is 2.32 bits per heavy atom. The van der Waals surface area contributed by atoms with Gasteiger partial charge in [0.05, 0.1) is 0 Å². The Hall–Kier alpha value is -1.75. The standard InChI is InChI=1S/C13H16ClN3O2/c14-6-2-5-12(18)16-10-3-1-4-11(9-10)17-8-7-15-13(17)19/h1,3-4,9H,2,5-8H2,(H,15,19)(H,16,18). The van der Waals surface area contributed by atoms with E-state index in [2.05, 4.69) is 10.6 Å². The van der Waals surface area contributed by atoms with Crippen molar-refractivity contribution in [2.24, 2.45) is 0 Å². The molecule has 0 spiro atoms. The highest BCUT2D eigenvalue weighted by atomic mass is 35.5. The number of urea groups is 1. The summed E-state index contributed by atoms with van der Waals surface area (Å²) in [7, 11) is 0. The monoisotopic (exact) mass is 281 g/mol. The van der Waals surface area contributed by atoms with E-state index in [0.29, 0.717) is 37.5 Å². The van der Waals surface area contributed by atoms with Crippen molar-refractivity contribution in [1.29, 1.82) is 0 Å². The van der Waals surface area contributed by atoms with Crippen molar-refractivity contribution in [3.05, 3.63) is 24.3 Å². The number of amides is 3. The number of anilines is 2. The van der Waals surface area contributed by atoms with Crippen molar-refractivity contribution >= 4 is 34.9 Å². The quantitative estimate of drug-likeness (QED) is 0.813. The van der Waals surface area contributed by atoms with E-state index in [4.69, 9.17) is 11.6 Å². The second kappa shape index (κ2) is 6.43. The van der Waals surface area contributed by atoms with Crippen molar-refractivity contribution in [2.45, 2.75) is 12.8 Å². The van der Waals surface area contributed by atoms with Crippen LogP contribution in [-0.2, 0) is 4.79 Å². The molecule has 0 saturated carbocycles. The maximum Gasteiger partial charge on any atom is 0.321 e. The van der Waals surface area contributed by atoms with Gasteiger partial charge >= 0.3 is 6.03 Å². The minimum Gasteiger partial charge on any atom is -0.336 e. The van der Waals surface area contributed by atoms with Crippen LogP contribution in [0.1, 0.15) is 12.8 Å². The Labute approximate surface area is 116 Å². The van der Waals surface area contributed by atoms with Crippen molar-refractivity contribution in [3.8, 4) is 0 Å². The molecule has 5 nitrogen and oxygen atoms in total. The molecular weight excluding hydrogens is 266 g/mol. The lowest BCUT2D eigenvalue weighted by atomic mass is 10.2. The molecule has 1 aromatic rings. The van der Waals surface area contributed by atoms with E-state index >= 15 is 0 Å². The summed E-state index contributed by atoms with van der Waals surface area (Å²) in [6, 6.07) is 7.15. The third-order valence-electron chi connectivity index (χ3n) is 2.84. The minimum absolute atomic E-state index is 0.0660. The number of hydrogen-bond acceptors (Lipinski definition) is 2. The second-order valence-electron chi connectivity index (χ2n) is 4.27. The fourth-order valence-corrected chi connectivity index (χ4v) is 2.05. The number of carbonyl (C=O) groups excluding carboxylic acids is 2. The molecule has 1 aromatic carbocycles. The van der Waals surface area contributed by atoms with E-state index < -0.39 is 0 Å². The number of halogens is 1. The van der Waals surface area contributed by atoms with Crippen molar-refractivity contribution in [2.75, 3.05) is 29.2 Å². The summed E-state index contributed by atoms with van der Waals surface area (Å²) in [6.07, 6.45) is 1.06. The predicted octanol–water partition coefficient (Wildman–Crippen LogP) is 2.17. The molecule has 0 unspecified atom stereocenters. The Morgan fingerprint density at radius 1 is 1.47 bits per heavy atom. The second-order valence-corrected chi connectivity index (χ2v) is 4.65. The highest BCUT2D eigenvalue weighted by Gasteiger charge is 2.21. The number of carbonyl (C=O) groups is 2. The zero-order valence-corrected chi connectivity index (χ0v) is 11.2. The molecule has 1 saturated heterocycles. The lowest BCUT2D eigenvalue weighted by Crippen LogP contribution is -2.27. The van der Waals surface area contributed by atoms with E-state index in [1.54, 1.807) is 17.0 Å². The van der Waals surface area contributed by atoms with Gasteiger partial charge in [0.1, 0.15) is 0 Å². The molecule has 0 radical (unpaired) electrons. The minimum atomic E-state index is -0.106. The number of alkyl halides is 1. The molecule has 6 heteroatoms. The van der Waals surface area contributed by atoms with E-state index in [0.717, 1.165) is 5.69 Å². The van der Waals surface area contributed by atoms with E-state index in [1.807, 2.05) is 12.1 Å². The van der Waals surface area contributed by atoms with Crippen LogP contribution in [0.5, 0.6) is 0 Å². The Balaban J connectivity index is 2.02. The maximum atomic E-state index is 11.6. The molecule has 2 N–H and O–H groups in total. The van der Waals surface area contributed by atoms with Gasteiger partial charge in [0.15, 0.2) is 0 Å². The first-order chi connectivity index (χ1) is 9.20. The van der Waals surface area contributed by atoms with E-state index in [1.165, 1.54) is 0 Å². The van der Waals surface area contributed by atoms with Crippen LogP contribution in [0.15, 0.2) is 24.3 Å². The van der Waals surface area contributed by atoms with Gasteiger partial charge in [0, 0.05) is 36.8 Å². The van der Waals surface area contributed by atoms with Crippen LogP contribution in [0.4, 0.5) is 16.2 Å². The predicted molar refractivity (Wildman–Crippen MR) is 75.8 cm³/mol. The van der Waals surface area contributed by atoms with Crippen molar-refractivity contribution in [1.82, 2.24) is 5.32 Å². The topological polar surface area (TPSA) is 61.4 Å². The van der Waals surface area contributed by atoms with Gasteiger partial charge in [0.25, 0.3) is 0 Å². The Morgan fingerprint density at radius 3 is 3.00 bits per heavy atom. The molecule has 0 bridgehead atoms. The van der Waals surface area contributed by atoms with Gasteiger partial charge in [-0.05, 0) is 24.6 Å². The van der Waals surface area contributed by atoms with Gasteiger partial charge < -0.3 is 10.6 Å². The molecule has 3 amide bonds. The summed E-state index contributed by atoms with van der Waals surface area (Å²) >= 11 is 5.54. The van der Waals surface area contributed by atoms with Crippen molar-refractivity contribution < 1.29 is 9.59 Å². The van der Waals surface area contributed by atoms with E-state index in [9.17, 15) is 9.59 Å². The van der Waals surface area contributed by atoms with Gasteiger partial charge in [-0.1, -0.05) is 6.07 Å². The maximum absolute atomic E-state index is 11.6. The van der Waals surface area contributed by atoms with E-state index in [-0.39, 0.29) is 11.9 Å². The molecule has 0 aliphatic carbocycles. The zero-order valence-electron chi connectivity index (χ0n) is 10.5. The van der Waals surface area contributed by atoms with Gasteiger partial charge in [-0.25, -0.2) is 4.79 Å². The van der Waals surface area contributed by atoms with Crippen LogP contribution in [0, 0.1) is 0 Å². The largest absolute Gasteiger partial charge is 0.336 e. The molecule has 102 valence electrons. The summed E-state index contributed by atoms with van der Waals surface area (Å²) in [4.78, 5) is 24.8. The normalized spacial score (nSPS) is 14.4. The smallest absolute Gasteiger partial charge is 0.321 e. The van der Waals surface area contributed by atoms with Crippen LogP contribution in [0.25, 0.3) is 0 Å². The highest BCUT2D eigenvalue weighted by Crippen LogP contribution is 2.21. The fraction of sp³-hybridized carbons (Fsp3) is 0.385. The third-order valence-corrected chi connectivity index (χ3v) is 3.10. The fourth-order valence-electron chi connectivity index (χ4n) is 1.92. The Kier molecular flexibility index (Phi) is 4.63. The third kappa shape index (κ3) is 3.61. The first-order valence-electron chi connectivity index (χ1n) is 6.22. The van der Waals surface area contributed by atoms with Crippen LogP contribution in [-0.4, -0.2) is 30.9 Å². The summed E-state index contributed by atoms with van der Waals surface area (Å²) in [5.74, 6) is 0.408. The summed E-state index contributed by atoms with van der Waals surface area (Å²) in [6.45, 7) is 1.29. The van der Waals surface area contributed by atoms with Gasteiger partial charge in [0.2, 0.25) is 5.91 Å². The van der Waals surface area contributed by atoms with Crippen LogP contribution >= 0.6 is 11.6 Å². The van der Waals surface area contributed by atoms with Crippen LogP contribution < -0.4 is 15.5 Å². The number of benzene rings is 1. The molecule has 19 heavy (non-hydrogen) atoms. The average molecular weight is 282 g/mol. The number of rotatable bonds is 5.